The number of aromatic nitrogens is 5. The Hall–Kier alpha value is -5.15. The molecule has 3 aromatic heterocycles. The summed E-state index contributed by atoms with van der Waals surface area (Å²) in [6.45, 7) is 1.97. The van der Waals surface area contributed by atoms with E-state index >= 15 is 4.39 Å². The molecular weight excluding hydrogens is 814 g/mol. The minimum absolute atomic E-state index is 0.0429. The maximum absolute atomic E-state index is 16.2. The number of halogens is 6. The molecule has 18 heteroatoms. The molecule has 1 saturated heterocycles. The number of nitrogens with zero attached hydrogens (tertiary/aromatic N) is 6. The number of anilines is 1. The molecule has 0 spiro atoms. The lowest BCUT2D eigenvalue weighted by atomic mass is 10.0. The maximum atomic E-state index is 16.2. The van der Waals surface area contributed by atoms with E-state index in [1.807, 2.05) is 12.1 Å². The number of ketones is 1. The van der Waals surface area contributed by atoms with E-state index < -0.39 is 46.3 Å². The van der Waals surface area contributed by atoms with Crippen LogP contribution in [0.25, 0.3) is 44.2 Å². The van der Waals surface area contributed by atoms with Crippen LogP contribution in [0.1, 0.15) is 29.5 Å². The van der Waals surface area contributed by atoms with Gasteiger partial charge in [0.25, 0.3) is 0 Å². The molecule has 0 saturated carbocycles. The Bertz CT molecular complexity index is 2560. The number of aryl methyl sites for hydroxylation is 1. The van der Waals surface area contributed by atoms with Crippen LogP contribution in [0.3, 0.4) is 0 Å². The zero-order chi connectivity index (χ0) is 40.1. The second kappa shape index (κ2) is 15.4. The number of carbonyl (C=O) groups is 4. The zero-order valence-corrected chi connectivity index (χ0v) is 32.4. The first-order chi connectivity index (χ1) is 26.6. The molecule has 288 valence electrons. The van der Waals surface area contributed by atoms with Gasteiger partial charge in [-0.3, -0.25) is 14.4 Å². The standard InChI is InChI=1S/C38H29Cl4F2N7O5/c1-19(52)27-15-49(30-9-6-21(10-26(27)30)22-12-45-20(2)46-13-22)16-32(53)50-14-23(43)11-31(50)36(54)48-28-5-3-4-25(34(28)44)24-7-8-29-35(33(24)39)51(18-47-29)37(55)56-17-38(40,41)42/h3-10,12-13,15,18,23,31H,11,14,16-17H2,1-2H3,(H,48,54)/t23-,31+/m1/s1. The number of amides is 2. The summed E-state index contributed by atoms with van der Waals surface area (Å²) in [5.74, 6) is -1.88. The van der Waals surface area contributed by atoms with Crippen LogP contribution < -0.4 is 5.32 Å². The van der Waals surface area contributed by atoms with Gasteiger partial charge in [-0.2, -0.15) is 0 Å². The summed E-state index contributed by atoms with van der Waals surface area (Å²) in [6.07, 6.45) is 3.28. The second-order valence-electron chi connectivity index (χ2n) is 13.1. The Morgan fingerprint density at radius 2 is 1.75 bits per heavy atom. The van der Waals surface area contributed by atoms with E-state index in [0.29, 0.717) is 22.3 Å². The highest BCUT2D eigenvalue weighted by atomic mass is 35.6. The van der Waals surface area contributed by atoms with Gasteiger partial charge in [-0.1, -0.05) is 70.7 Å². The molecule has 2 atom stereocenters. The smallest absolute Gasteiger partial charge is 0.419 e. The SMILES string of the molecule is CC(=O)c1cn(CC(=O)N2C[C@H](F)C[C@H]2C(=O)Nc2cccc(-c3ccc4ncn(C(=O)OCC(Cl)(Cl)Cl)c4c3Cl)c2F)c2ccc(-c3cnc(C)nc3)cc12. The largest absolute Gasteiger partial charge is 0.444 e. The summed E-state index contributed by atoms with van der Waals surface area (Å²) < 4.78 is 36.9. The van der Waals surface area contributed by atoms with E-state index in [1.54, 1.807) is 36.1 Å². The number of imidazole rings is 1. The van der Waals surface area contributed by atoms with E-state index in [0.717, 1.165) is 26.9 Å². The Balaban J connectivity index is 1.12. The highest BCUT2D eigenvalue weighted by Crippen LogP contribution is 2.38. The maximum Gasteiger partial charge on any atom is 0.419 e. The number of nitrogens with one attached hydrogen (secondary N) is 1. The average molecular weight is 844 g/mol. The first-order valence-corrected chi connectivity index (χ1v) is 18.5. The van der Waals surface area contributed by atoms with Gasteiger partial charge >= 0.3 is 6.09 Å². The lowest BCUT2D eigenvalue weighted by Gasteiger charge is -2.24. The molecule has 0 aliphatic carbocycles. The first kappa shape index (κ1) is 39.1. The van der Waals surface area contributed by atoms with E-state index in [4.69, 9.17) is 51.1 Å². The highest BCUT2D eigenvalue weighted by Gasteiger charge is 2.40. The Kier molecular flexibility index (Phi) is 10.8. The molecule has 3 aromatic carbocycles. The topological polar surface area (TPSA) is 141 Å². The molecule has 0 radical (unpaired) electrons. The van der Waals surface area contributed by atoms with Crippen LogP contribution in [0.15, 0.2) is 73.4 Å². The number of Topliss-reactive ketones (excluding diaryl/α,β-unsaturated/α-hetero) is 1. The third kappa shape index (κ3) is 7.79. The number of likely N-dealkylation sites (tertiary alicyclic amines) is 1. The van der Waals surface area contributed by atoms with Crippen LogP contribution in [0, 0.1) is 12.7 Å². The van der Waals surface area contributed by atoms with Gasteiger partial charge < -0.3 is 19.5 Å². The number of ether oxygens (including phenoxy) is 1. The summed E-state index contributed by atoms with van der Waals surface area (Å²) in [5.41, 5.74) is 2.69. The quantitative estimate of drug-likeness (QED) is 0.119. The number of hydrogen-bond donors (Lipinski definition) is 1. The van der Waals surface area contributed by atoms with Crippen LogP contribution in [-0.2, 0) is 20.9 Å². The van der Waals surface area contributed by atoms with Crippen molar-refractivity contribution in [3.05, 3.63) is 95.7 Å². The normalized spacial score (nSPS) is 15.8. The molecule has 0 unspecified atom stereocenters. The third-order valence-corrected chi connectivity index (χ3v) is 10.0. The van der Waals surface area contributed by atoms with Gasteiger partial charge in [-0.25, -0.2) is 33.1 Å². The number of alkyl halides is 4. The summed E-state index contributed by atoms with van der Waals surface area (Å²) in [7, 11) is 0. The Labute approximate surface area is 337 Å². The van der Waals surface area contributed by atoms with E-state index in [9.17, 15) is 23.6 Å². The van der Waals surface area contributed by atoms with E-state index in [2.05, 4.69) is 20.3 Å². The predicted octanol–water partition coefficient (Wildman–Crippen LogP) is 8.35. The van der Waals surface area contributed by atoms with Crippen molar-refractivity contribution >= 4 is 97.7 Å². The summed E-state index contributed by atoms with van der Waals surface area (Å²) in [6, 6.07) is 11.3. The van der Waals surface area contributed by atoms with E-state index in [1.165, 1.54) is 37.3 Å². The second-order valence-corrected chi connectivity index (χ2v) is 16.0. The molecule has 56 heavy (non-hydrogen) atoms. The van der Waals surface area contributed by atoms with Crippen molar-refractivity contribution in [2.45, 2.75) is 42.8 Å². The Morgan fingerprint density at radius 3 is 2.46 bits per heavy atom. The minimum atomic E-state index is -1.87. The molecule has 7 rings (SSSR count). The van der Waals surface area contributed by atoms with Crippen molar-refractivity contribution in [3.63, 3.8) is 0 Å². The number of carbonyl (C=O) groups excluding carboxylic acids is 4. The number of benzene rings is 3. The van der Waals surface area contributed by atoms with E-state index in [-0.39, 0.29) is 58.2 Å². The fraction of sp³-hybridized carbons (Fsp3) is 0.237. The van der Waals surface area contributed by atoms with Gasteiger partial charge in [0, 0.05) is 58.2 Å². The fourth-order valence-electron chi connectivity index (χ4n) is 6.65. The van der Waals surface area contributed by atoms with Crippen molar-refractivity contribution in [1.29, 1.82) is 0 Å². The van der Waals surface area contributed by atoms with Crippen LogP contribution >= 0.6 is 46.4 Å². The molecule has 0 bridgehead atoms. The van der Waals surface area contributed by atoms with Gasteiger partial charge in [0.05, 0.1) is 28.3 Å². The molecule has 1 aliphatic rings. The summed E-state index contributed by atoms with van der Waals surface area (Å²) in [5, 5.41) is 3.04. The van der Waals surface area contributed by atoms with Crippen molar-refractivity contribution in [3.8, 4) is 22.3 Å². The minimum Gasteiger partial charge on any atom is -0.444 e. The van der Waals surface area contributed by atoms with Crippen molar-refractivity contribution in [1.82, 2.24) is 29.0 Å². The highest BCUT2D eigenvalue weighted by molar-refractivity contribution is 6.67. The van der Waals surface area contributed by atoms with Crippen LogP contribution in [0.4, 0.5) is 19.3 Å². The van der Waals surface area contributed by atoms with Crippen molar-refractivity contribution in [2.24, 2.45) is 0 Å². The van der Waals surface area contributed by atoms with Gasteiger partial charge in [0.1, 0.15) is 37.5 Å². The number of hydrogen-bond acceptors (Lipinski definition) is 8. The van der Waals surface area contributed by atoms with Crippen molar-refractivity contribution < 1.29 is 32.7 Å². The molecule has 1 fully saturated rings. The molecule has 1 aliphatic heterocycles. The van der Waals surface area contributed by atoms with Gasteiger partial charge in [0.15, 0.2) is 11.6 Å². The average Bonchev–Trinajstić information content (AvgIpc) is 3.87. The molecule has 2 amide bonds. The van der Waals surface area contributed by atoms with Crippen LogP contribution in [-0.4, -0.2) is 81.8 Å². The molecule has 6 aromatic rings. The first-order valence-electron chi connectivity index (χ1n) is 16.9. The number of rotatable bonds is 8. The molecule has 12 nitrogen and oxygen atoms in total. The van der Waals surface area contributed by atoms with Gasteiger partial charge in [0.2, 0.25) is 15.6 Å². The van der Waals surface area contributed by atoms with Gasteiger partial charge in [-0.05, 0) is 43.7 Å². The third-order valence-electron chi connectivity index (χ3n) is 9.30. The van der Waals surface area contributed by atoms with Crippen LogP contribution in [0.2, 0.25) is 5.02 Å². The molecular formula is C38H29Cl4F2N7O5. The lowest BCUT2D eigenvalue weighted by Crippen LogP contribution is -2.44. The zero-order valence-electron chi connectivity index (χ0n) is 29.4. The lowest BCUT2D eigenvalue weighted by molar-refractivity contribution is -0.137. The van der Waals surface area contributed by atoms with Crippen LogP contribution in [0.5, 0.6) is 0 Å². The molecule has 4 heterocycles. The number of fused-ring (bicyclic) bond motifs is 2. The predicted molar refractivity (Wildman–Crippen MR) is 209 cm³/mol. The Morgan fingerprint density at radius 1 is 1.00 bits per heavy atom. The fourth-order valence-corrected chi connectivity index (χ4v) is 7.17. The summed E-state index contributed by atoms with van der Waals surface area (Å²) in [4.78, 5) is 66.6. The summed E-state index contributed by atoms with van der Waals surface area (Å²) >= 11 is 23.8. The monoisotopic (exact) mass is 841 g/mol. The van der Waals surface area contributed by atoms with Gasteiger partial charge in [-0.15, -0.1) is 0 Å². The molecule has 1 N–H and O–H groups in total. The van der Waals surface area contributed by atoms with Crippen molar-refractivity contribution in [2.75, 3.05) is 18.5 Å².